The van der Waals surface area contributed by atoms with E-state index >= 15 is 0 Å². The fourth-order valence-corrected chi connectivity index (χ4v) is 3.39. The molecular weight excluding hydrogens is 337 g/mol. The highest BCUT2D eigenvalue weighted by Crippen LogP contribution is 2.37. The van der Waals surface area contributed by atoms with Crippen LogP contribution in [0.2, 0.25) is 0 Å². The summed E-state index contributed by atoms with van der Waals surface area (Å²) in [6.45, 7) is 0.390. The zero-order valence-corrected chi connectivity index (χ0v) is 13.5. The Kier molecular flexibility index (Phi) is 3.81. The summed E-state index contributed by atoms with van der Waals surface area (Å²) in [6, 6.07) is 4.01. The number of ether oxygens (including phenoxy) is 2. The first kappa shape index (κ1) is 15.6. The number of rotatable bonds is 3. The summed E-state index contributed by atoms with van der Waals surface area (Å²) in [5, 5.41) is -0.273. The van der Waals surface area contributed by atoms with E-state index in [9.17, 15) is 14.0 Å². The van der Waals surface area contributed by atoms with Crippen molar-refractivity contribution in [1.29, 1.82) is 0 Å². The fraction of sp³-hybridized carbons (Fsp3) is 0.412. The van der Waals surface area contributed by atoms with Crippen molar-refractivity contribution in [3.05, 3.63) is 35.2 Å². The Morgan fingerprint density at radius 3 is 2.33 bits per heavy atom. The van der Waals surface area contributed by atoms with Crippen molar-refractivity contribution in [3.63, 3.8) is 0 Å². The van der Waals surface area contributed by atoms with E-state index in [1.807, 2.05) is 0 Å². The minimum Gasteiger partial charge on any atom is -0.463 e. The molecule has 126 valence electrons. The number of nitrogens with zero attached hydrogens (tertiary/aromatic N) is 1. The molecule has 2 amide bonds. The number of benzene rings is 1. The van der Waals surface area contributed by atoms with Crippen LogP contribution in [0.15, 0.2) is 29.3 Å². The van der Waals surface area contributed by atoms with Crippen LogP contribution in [-0.4, -0.2) is 30.1 Å². The van der Waals surface area contributed by atoms with Gasteiger partial charge in [-0.2, -0.15) is 0 Å². The third kappa shape index (κ3) is 2.41. The monoisotopic (exact) mass is 351 g/mol. The molecule has 24 heavy (non-hydrogen) atoms. The molecule has 1 aliphatic carbocycles. The van der Waals surface area contributed by atoms with Gasteiger partial charge in [0.1, 0.15) is 11.1 Å². The van der Waals surface area contributed by atoms with Crippen LogP contribution < -0.4 is 9.64 Å². The Balaban J connectivity index is 1.58. The fourth-order valence-electron chi connectivity index (χ4n) is 3.19. The summed E-state index contributed by atoms with van der Waals surface area (Å²) in [7, 11) is 0. The zero-order chi connectivity index (χ0) is 16.8. The summed E-state index contributed by atoms with van der Waals surface area (Å²) in [5.41, 5.74) is 1.00. The van der Waals surface area contributed by atoms with Gasteiger partial charge in [0.2, 0.25) is 6.29 Å². The quantitative estimate of drug-likeness (QED) is 0.620. The Morgan fingerprint density at radius 2 is 1.83 bits per heavy atom. The molecule has 7 heteroatoms. The topological polar surface area (TPSA) is 55.8 Å². The van der Waals surface area contributed by atoms with E-state index in [0.29, 0.717) is 30.6 Å². The smallest absolute Gasteiger partial charge is 0.261 e. The van der Waals surface area contributed by atoms with Crippen LogP contribution in [0.4, 0.5) is 10.1 Å². The van der Waals surface area contributed by atoms with Crippen molar-refractivity contribution in [2.45, 2.75) is 37.4 Å². The van der Waals surface area contributed by atoms with Gasteiger partial charge in [0, 0.05) is 17.2 Å². The van der Waals surface area contributed by atoms with Crippen molar-refractivity contribution in [2.75, 3.05) is 11.5 Å². The molecule has 0 spiro atoms. The molecule has 0 N–H and O–H groups in total. The number of carbonyl (C=O) groups excluding carboxylic acids is 2. The van der Waals surface area contributed by atoms with Crippen molar-refractivity contribution in [3.8, 4) is 5.75 Å². The van der Waals surface area contributed by atoms with Crippen LogP contribution >= 0.6 is 11.6 Å². The van der Waals surface area contributed by atoms with Gasteiger partial charge >= 0.3 is 0 Å². The van der Waals surface area contributed by atoms with Gasteiger partial charge in [-0.15, -0.1) is 11.6 Å². The highest BCUT2D eigenvalue weighted by atomic mass is 35.5. The molecule has 2 heterocycles. The Bertz CT molecular complexity index is 735. The molecule has 2 atom stereocenters. The molecule has 4 rings (SSSR count). The zero-order valence-electron chi connectivity index (χ0n) is 12.8. The second kappa shape index (κ2) is 5.86. The number of amides is 2. The average molecular weight is 352 g/mol. The standard InChI is InChI=1S/C17H15ClFNO4/c18-12-8-23-17(12)24-9-5-6-14(13(19)7-9)20-15(21)10-3-1-2-4-11(10)16(20)22/h5-7,12,17H,1-4,8H2. The van der Waals surface area contributed by atoms with Crippen LogP contribution in [0, 0.1) is 5.82 Å². The molecule has 0 aromatic heterocycles. The molecule has 3 aliphatic rings. The minimum atomic E-state index is -0.695. The van der Waals surface area contributed by atoms with Gasteiger partial charge in [-0.05, 0) is 37.8 Å². The minimum absolute atomic E-state index is 0.0521. The maximum atomic E-state index is 14.5. The Morgan fingerprint density at radius 1 is 1.17 bits per heavy atom. The highest BCUT2D eigenvalue weighted by Gasteiger charge is 2.41. The summed E-state index contributed by atoms with van der Waals surface area (Å²) in [5.74, 6) is -1.28. The second-order valence-corrected chi connectivity index (χ2v) is 6.62. The normalized spacial score (nSPS) is 26.5. The third-order valence-electron chi connectivity index (χ3n) is 4.52. The van der Waals surface area contributed by atoms with Crippen LogP contribution in [0.25, 0.3) is 0 Å². The number of halogens is 2. The van der Waals surface area contributed by atoms with Crippen molar-refractivity contribution in [2.24, 2.45) is 0 Å². The third-order valence-corrected chi connectivity index (χ3v) is 4.85. The Labute approximate surface area is 143 Å². The lowest BCUT2D eigenvalue weighted by molar-refractivity contribution is -0.160. The molecule has 1 aromatic carbocycles. The molecule has 0 radical (unpaired) electrons. The van der Waals surface area contributed by atoms with Crippen molar-refractivity contribution >= 4 is 29.1 Å². The predicted octanol–water partition coefficient (Wildman–Crippen LogP) is 2.91. The van der Waals surface area contributed by atoms with E-state index in [4.69, 9.17) is 21.1 Å². The number of imide groups is 1. The summed E-state index contributed by atoms with van der Waals surface area (Å²) >= 11 is 5.90. The van der Waals surface area contributed by atoms with Crippen LogP contribution in [0.1, 0.15) is 25.7 Å². The van der Waals surface area contributed by atoms with Crippen molar-refractivity contribution < 1.29 is 23.5 Å². The van der Waals surface area contributed by atoms with Gasteiger partial charge in [0.05, 0.1) is 12.3 Å². The first-order valence-corrected chi connectivity index (χ1v) is 8.32. The van der Waals surface area contributed by atoms with Gasteiger partial charge in [-0.3, -0.25) is 9.59 Å². The number of hydrogen-bond acceptors (Lipinski definition) is 4. The number of alkyl halides is 1. The van der Waals surface area contributed by atoms with Gasteiger partial charge in [-0.25, -0.2) is 9.29 Å². The van der Waals surface area contributed by atoms with E-state index in [1.165, 1.54) is 12.1 Å². The lowest BCUT2D eigenvalue weighted by Gasteiger charge is -2.32. The number of hydrogen-bond donors (Lipinski definition) is 0. The SMILES string of the molecule is O=C1C2=C(CCCC2)C(=O)N1c1ccc(OC2OCC2Cl)cc1F. The van der Waals surface area contributed by atoms with E-state index < -0.39 is 23.9 Å². The highest BCUT2D eigenvalue weighted by molar-refractivity contribution is 6.33. The van der Waals surface area contributed by atoms with Gasteiger partial charge in [0.25, 0.3) is 11.8 Å². The summed E-state index contributed by atoms with van der Waals surface area (Å²) < 4.78 is 25.0. The molecule has 2 unspecified atom stereocenters. The summed E-state index contributed by atoms with van der Waals surface area (Å²) in [6.07, 6.45) is 2.30. The lowest BCUT2D eigenvalue weighted by Crippen LogP contribution is -2.45. The largest absolute Gasteiger partial charge is 0.463 e. The van der Waals surface area contributed by atoms with Gasteiger partial charge in [-0.1, -0.05) is 0 Å². The molecule has 5 nitrogen and oxygen atoms in total. The maximum Gasteiger partial charge on any atom is 0.261 e. The van der Waals surface area contributed by atoms with Crippen LogP contribution in [0.5, 0.6) is 5.75 Å². The van der Waals surface area contributed by atoms with E-state index in [1.54, 1.807) is 0 Å². The molecular formula is C17H15ClFNO4. The Hall–Kier alpha value is -1.92. The van der Waals surface area contributed by atoms with E-state index in [-0.39, 0.29) is 16.8 Å². The lowest BCUT2D eigenvalue weighted by atomic mass is 9.93. The maximum absolute atomic E-state index is 14.5. The van der Waals surface area contributed by atoms with Crippen LogP contribution in [-0.2, 0) is 14.3 Å². The first-order chi connectivity index (χ1) is 11.6. The number of carbonyl (C=O) groups is 2. The molecule has 1 saturated heterocycles. The first-order valence-electron chi connectivity index (χ1n) is 7.89. The number of anilines is 1. The molecule has 0 bridgehead atoms. The van der Waals surface area contributed by atoms with Crippen molar-refractivity contribution in [1.82, 2.24) is 0 Å². The second-order valence-electron chi connectivity index (χ2n) is 6.06. The molecule has 1 fully saturated rings. The predicted molar refractivity (Wildman–Crippen MR) is 84.4 cm³/mol. The molecule has 2 aliphatic heterocycles. The average Bonchev–Trinajstić information content (AvgIpc) is 2.83. The van der Waals surface area contributed by atoms with Crippen LogP contribution in [0.3, 0.4) is 0 Å². The molecule has 0 saturated carbocycles. The van der Waals surface area contributed by atoms with Gasteiger partial charge < -0.3 is 9.47 Å². The molecule has 1 aromatic rings. The van der Waals surface area contributed by atoms with E-state index in [0.717, 1.165) is 23.8 Å². The van der Waals surface area contributed by atoms with E-state index in [2.05, 4.69) is 0 Å². The van der Waals surface area contributed by atoms with Gasteiger partial charge in [0.15, 0.2) is 5.82 Å². The summed E-state index contributed by atoms with van der Waals surface area (Å²) in [4.78, 5) is 25.9.